The molecule has 0 heterocycles. The molecule has 28 heavy (non-hydrogen) atoms. The van der Waals surface area contributed by atoms with Crippen LogP contribution in [-0.4, -0.2) is 43.4 Å². The first-order chi connectivity index (χ1) is 13.3. The number of hydrogen-bond donors (Lipinski definition) is 1. The van der Waals surface area contributed by atoms with Crippen molar-refractivity contribution in [2.45, 2.75) is 6.10 Å². The highest BCUT2D eigenvalue weighted by molar-refractivity contribution is 5.61. The Bertz CT molecular complexity index is 840. The molecule has 0 unspecified atom stereocenters. The summed E-state index contributed by atoms with van der Waals surface area (Å²) in [5.41, 5.74) is -1.40. The quantitative estimate of drug-likeness (QED) is 0.527. The van der Waals surface area contributed by atoms with E-state index in [0.717, 1.165) is 12.1 Å². The molecule has 0 spiro atoms. The number of nitro groups is 2. The molecule has 2 aromatic carbocycles. The van der Waals surface area contributed by atoms with Crippen LogP contribution in [0, 0.1) is 20.2 Å². The van der Waals surface area contributed by atoms with Gasteiger partial charge in [0.15, 0.2) is 23.0 Å². The molecule has 0 fully saturated rings. The summed E-state index contributed by atoms with van der Waals surface area (Å²) >= 11 is 0. The first-order valence-electron chi connectivity index (χ1n) is 7.77. The highest BCUT2D eigenvalue weighted by Crippen LogP contribution is 2.43. The van der Waals surface area contributed by atoms with Crippen molar-refractivity contribution in [3.63, 3.8) is 0 Å². The first-order valence-corrected chi connectivity index (χ1v) is 7.77. The highest BCUT2D eigenvalue weighted by Gasteiger charge is 2.31. The van der Waals surface area contributed by atoms with Crippen molar-refractivity contribution in [3.05, 3.63) is 55.6 Å². The fourth-order valence-electron chi connectivity index (χ4n) is 2.69. The molecule has 0 saturated heterocycles. The summed E-state index contributed by atoms with van der Waals surface area (Å²) in [5, 5.41) is 33.8. The third-order valence-electron chi connectivity index (χ3n) is 4.05. The second kappa shape index (κ2) is 8.39. The van der Waals surface area contributed by atoms with Crippen molar-refractivity contribution in [1.82, 2.24) is 0 Å². The average molecular weight is 394 g/mol. The monoisotopic (exact) mass is 394 g/mol. The molecule has 2 aromatic rings. The van der Waals surface area contributed by atoms with Crippen molar-refractivity contribution in [3.8, 4) is 23.0 Å². The van der Waals surface area contributed by atoms with E-state index in [0.29, 0.717) is 0 Å². The average Bonchev–Trinajstić information content (AvgIpc) is 2.70. The van der Waals surface area contributed by atoms with Gasteiger partial charge in [-0.2, -0.15) is 0 Å². The fourth-order valence-corrected chi connectivity index (χ4v) is 2.69. The van der Waals surface area contributed by atoms with Gasteiger partial charge in [-0.25, -0.2) is 0 Å². The molecule has 0 aliphatic carbocycles. The Hall–Kier alpha value is -3.60. The molecule has 0 amide bonds. The predicted octanol–water partition coefficient (Wildman–Crippen LogP) is 2.62. The van der Waals surface area contributed by atoms with Gasteiger partial charge in [0, 0.05) is 0 Å². The second-order valence-corrected chi connectivity index (χ2v) is 5.45. The van der Waals surface area contributed by atoms with Gasteiger partial charge in [0.05, 0.1) is 61.5 Å². The lowest BCUT2D eigenvalue weighted by Gasteiger charge is -2.17. The van der Waals surface area contributed by atoms with Crippen LogP contribution in [0.1, 0.15) is 17.2 Å². The molecule has 0 bridgehead atoms. The maximum atomic E-state index is 11.5. The number of ether oxygens (including phenoxy) is 4. The molecule has 0 aliphatic heterocycles. The minimum atomic E-state index is -1.72. The van der Waals surface area contributed by atoms with Crippen molar-refractivity contribution in [2.24, 2.45) is 0 Å². The van der Waals surface area contributed by atoms with Gasteiger partial charge in [-0.15, -0.1) is 0 Å². The summed E-state index contributed by atoms with van der Waals surface area (Å²) in [4.78, 5) is 21.5. The lowest BCUT2D eigenvalue weighted by molar-refractivity contribution is -0.387. The number of rotatable bonds is 8. The smallest absolute Gasteiger partial charge is 0.279 e. The van der Waals surface area contributed by atoms with E-state index in [2.05, 4.69) is 0 Å². The molecule has 150 valence electrons. The lowest BCUT2D eigenvalue weighted by atomic mass is 9.97. The second-order valence-electron chi connectivity index (χ2n) is 5.45. The molecule has 0 saturated carbocycles. The summed E-state index contributed by atoms with van der Waals surface area (Å²) < 4.78 is 20.3. The Kier molecular flexibility index (Phi) is 6.21. The van der Waals surface area contributed by atoms with E-state index in [-0.39, 0.29) is 34.1 Å². The third-order valence-corrected chi connectivity index (χ3v) is 4.05. The zero-order valence-electron chi connectivity index (χ0n) is 15.5. The van der Waals surface area contributed by atoms with E-state index in [1.807, 2.05) is 0 Å². The van der Waals surface area contributed by atoms with Crippen LogP contribution in [0.2, 0.25) is 0 Å². The number of benzene rings is 2. The van der Waals surface area contributed by atoms with Gasteiger partial charge in [0.25, 0.3) is 11.4 Å². The Morgan fingerprint density at radius 3 is 1.25 bits per heavy atom. The molecule has 11 nitrogen and oxygen atoms in total. The Morgan fingerprint density at radius 2 is 1.00 bits per heavy atom. The van der Waals surface area contributed by atoms with E-state index in [1.54, 1.807) is 0 Å². The fraction of sp³-hybridized carbons (Fsp3) is 0.294. The summed E-state index contributed by atoms with van der Waals surface area (Å²) in [7, 11) is 5.24. The highest BCUT2D eigenvalue weighted by atomic mass is 16.6. The van der Waals surface area contributed by atoms with Gasteiger partial charge in [0.1, 0.15) is 6.10 Å². The van der Waals surface area contributed by atoms with E-state index >= 15 is 0 Å². The van der Waals surface area contributed by atoms with E-state index in [9.17, 15) is 25.3 Å². The van der Waals surface area contributed by atoms with Crippen LogP contribution in [0.15, 0.2) is 24.3 Å². The number of hydrogen-bond acceptors (Lipinski definition) is 9. The van der Waals surface area contributed by atoms with Crippen LogP contribution >= 0.6 is 0 Å². The molecule has 0 atom stereocenters. The Balaban J connectivity index is 2.76. The summed E-state index contributed by atoms with van der Waals surface area (Å²) in [6, 6.07) is 4.54. The van der Waals surface area contributed by atoms with Crippen LogP contribution < -0.4 is 18.9 Å². The van der Waals surface area contributed by atoms with Gasteiger partial charge in [-0.3, -0.25) is 20.2 Å². The maximum Gasteiger partial charge on any atom is 0.279 e. The van der Waals surface area contributed by atoms with Crippen LogP contribution in [0.25, 0.3) is 0 Å². The zero-order valence-corrected chi connectivity index (χ0v) is 15.5. The normalized spacial score (nSPS) is 10.5. The van der Waals surface area contributed by atoms with Gasteiger partial charge in [-0.1, -0.05) is 0 Å². The maximum absolute atomic E-state index is 11.5. The largest absolute Gasteiger partial charge is 0.493 e. The molecule has 2 rings (SSSR count). The van der Waals surface area contributed by atoms with Crippen molar-refractivity contribution in [1.29, 1.82) is 0 Å². The summed E-state index contributed by atoms with van der Waals surface area (Å²) in [6.45, 7) is 0. The molecular weight excluding hydrogens is 376 g/mol. The van der Waals surface area contributed by atoms with E-state index in [1.165, 1.54) is 40.6 Å². The SMILES string of the molecule is COc1cc(C(O)c2cc(OC)c(OC)cc2[N+](=O)[O-])c([N+](=O)[O-])cc1OC. The number of aliphatic hydroxyl groups excluding tert-OH is 1. The molecular formula is C17H18N2O9. The predicted molar refractivity (Wildman–Crippen MR) is 96.5 cm³/mol. The summed E-state index contributed by atoms with van der Waals surface area (Å²) in [6.07, 6.45) is -1.72. The first kappa shape index (κ1) is 20.7. The van der Waals surface area contributed by atoms with Gasteiger partial charge in [-0.05, 0) is 12.1 Å². The van der Waals surface area contributed by atoms with E-state index in [4.69, 9.17) is 18.9 Å². The molecule has 11 heteroatoms. The Morgan fingerprint density at radius 1 is 0.714 bits per heavy atom. The van der Waals surface area contributed by atoms with Gasteiger partial charge in [0.2, 0.25) is 0 Å². The zero-order chi connectivity index (χ0) is 21.0. The van der Waals surface area contributed by atoms with Crippen LogP contribution in [0.4, 0.5) is 11.4 Å². The van der Waals surface area contributed by atoms with Crippen molar-refractivity contribution in [2.75, 3.05) is 28.4 Å². The van der Waals surface area contributed by atoms with E-state index < -0.39 is 27.3 Å². The number of aliphatic hydroxyl groups is 1. The minimum Gasteiger partial charge on any atom is -0.493 e. The van der Waals surface area contributed by atoms with Crippen LogP contribution in [-0.2, 0) is 0 Å². The molecule has 0 radical (unpaired) electrons. The minimum absolute atomic E-state index is 0.0759. The topological polar surface area (TPSA) is 143 Å². The van der Waals surface area contributed by atoms with Crippen LogP contribution in [0.3, 0.4) is 0 Å². The lowest BCUT2D eigenvalue weighted by Crippen LogP contribution is -2.09. The summed E-state index contributed by atoms with van der Waals surface area (Å²) in [5.74, 6) is 0.384. The number of nitrogens with zero attached hydrogens (tertiary/aromatic N) is 2. The molecule has 0 aromatic heterocycles. The van der Waals surface area contributed by atoms with Gasteiger partial charge >= 0.3 is 0 Å². The van der Waals surface area contributed by atoms with Crippen molar-refractivity contribution < 1.29 is 33.9 Å². The third kappa shape index (κ3) is 3.74. The number of nitro benzene ring substituents is 2. The standard InChI is InChI=1S/C17H18N2O9/c1-25-13-5-9(11(18(21)22)7-15(13)27-3)17(20)10-6-14(26-2)16(28-4)8-12(10)19(23)24/h5-8,17,20H,1-4H3. The van der Waals surface area contributed by atoms with Gasteiger partial charge < -0.3 is 24.1 Å². The molecule has 1 N–H and O–H groups in total. The Labute approximate surface area is 159 Å². The van der Waals surface area contributed by atoms with Crippen LogP contribution in [0.5, 0.6) is 23.0 Å². The van der Waals surface area contributed by atoms with Crippen molar-refractivity contribution >= 4 is 11.4 Å². The molecule has 0 aliphatic rings. The number of methoxy groups -OCH3 is 4.